The number of aryl methyl sites for hydroxylation is 2. The Hall–Kier alpha value is -2.12. The first-order valence-corrected chi connectivity index (χ1v) is 10.0. The second-order valence-corrected chi connectivity index (χ2v) is 7.75. The van der Waals surface area contributed by atoms with Gasteiger partial charge in [-0.1, -0.05) is 54.3 Å². The van der Waals surface area contributed by atoms with Crippen LogP contribution < -0.4 is 5.73 Å². The van der Waals surface area contributed by atoms with Crippen molar-refractivity contribution in [3.05, 3.63) is 51.9 Å². The highest BCUT2D eigenvalue weighted by Crippen LogP contribution is 2.33. The molecule has 0 saturated carbocycles. The van der Waals surface area contributed by atoms with Crippen LogP contribution in [0.1, 0.15) is 29.7 Å². The van der Waals surface area contributed by atoms with Gasteiger partial charge < -0.3 is 14.7 Å². The third-order valence-electron chi connectivity index (χ3n) is 4.57. The molecule has 1 aliphatic rings. The highest BCUT2D eigenvalue weighted by atomic mass is 32.2. The third-order valence-corrected chi connectivity index (χ3v) is 5.99. The Labute approximate surface area is 160 Å². The van der Waals surface area contributed by atoms with Gasteiger partial charge in [0, 0.05) is 12.0 Å². The highest BCUT2D eigenvalue weighted by Gasteiger charge is 2.22. The lowest BCUT2D eigenvalue weighted by Gasteiger charge is -2.13. The first kappa shape index (κ1) is 17.3. The van der Waals surface area contributed by atoms with E-state index in [2.05, 4.69) is 12.1 Å². The third kappa shape index (κ3) is 3.29. The minimum atomic E-state index is -0.382. The quantitative estimate of drug-likeness (QED) is 0.410. The van der Waals surface area contributed by atoms with E-state index in [0.717, 1.165) is 47.0 Å². The van der Waals surface area contributed by atoms with Gasteiger partial charge in [-0.25, -0.2) is 0 Å². The second-order valence-electron chi connectivity index (χ2n) is 6.42. The van der Waals surface area contributed by atoms with Crippen molar-refractivity contribution in [3.8, 4) is 0 Å². The van der Waals surface area contributed by atoms with Crippen LogP contribution in [0.5, 0.6) is 0 Å². The molecule has 0 fully saturated rings. The number of nitrogens with zero attached hydrogens (tertiary/aromatic N) is 2. The van der Waals surface area contributed by atoms with E-state index in [9.17, 15) is 4.79 Å². The molecular weight excluding hydrogens is 366 g/mol. The van der Waals surface area contributed by atoms with E-state index in [1.807, 2.05) is 22.8 Å². The number of fused-ring (bicyclic) bond motifs is 3. The first-order valence-electron chi connectivity index (χ1n) is 8.63. The van der Waals surface area contributed by atoms with Crippen molar-refractivity contribution >= 4 is 41.0 Å². The molecule has 2 heterocycles. The molecule has 26 heavy (non-hydrogen) atoms. The molecule has 7 heteroatoms. The SMILES string of the molecule is NC(=O)CSc1nc2oc3c(c2c(=S)n1Cc1ccccc1)CCCC3. The van der Waals surface area contributed by atoms with E-state index in [4.69, 9.17) is 27.4 Å². The number of rotatable bonds is 5. The van der Waals surface area contributed by atoms with Gasteiger partial charge in [-0.2, -0.15) is 4.98 Å². The fraction of sp³-hybridized carbons (Fsp3) is 0.316. The number of carbonyl (C=O) groups is 1. The van der Waals surface area contributed by atoms with Crippen LogP contribution in [0.15, 0.2) is 39.9 Å². The van der Waals surface area contributed by atoms with Gasteiger partial charge in [-0.05, 0) is 24.8 Å². The van der Waals surface area contributed by atoms with Crippen molar-refractivity contribution in [2.24, 2.45) is 5.73 Å². The predicted octanol–water partition coefficient (Wildman–Crippen LogP) is 3.86. The molecule has 0 bridgehead atoms. The number of amides is 1. The minimum Gasteiger partial charge on any atom is -0.442 e. The van der Waals surface area contributed by atoms with Gasteiger partial charge in [0.25, 0.3) is 0 Å². The predicted molar refractivity (Wildman–Crippen MR) is 105 cm³/mol. The van der Waals surface area contributed by atoms with Gasteiger partial charge in [-0.3, -0.25) is 4.79 Å². The molecule has 0 radical (unpaired) electrons. The molecule has 5 nitrogen and oxygen atoms in total. The van der Waals surface area contributed by atoms with E-state index >= 15 is 0 Å². The molecule has 1 amide bonds. The fourth-order valence-corrected chi connectivity index (χ4v) is 4.52. The van der Waals surface area contributed by atoms with Crippen LogP contribution >= 0.6 is 24.0 Å². The van der Waals surface area contributed by atoms with E-state index in [1.54, 1.807) is 0 Å². The van der Waals surface area contributed by atoms with Crippen LogP contribution in [0, 0.1) is 4.64 Å². The number of thioether (sulfide) groups is 1. The number of primary amides is 1. The summed E-state index contributed by atoms with van der Waals surface area (Å²) in [5.41, 5.74) is 8.24. The number of benzene rings is 1. The fourth-order valence-electron chi connectivity index (χ4n) is 3.37. The standard InChI is InChI=1S/C19H19N3O2S2/c20-15(23)11-26-19-21-17-16(13-8-4-5-9-14(13)24-17)18(25)22(19)10-12-6-2-1-3-7-12/h1-3,6-7H,4-5,8-11H2,(H2,20,23). The Bertz CT molecular complexity index is 1020. The van der Waals surface area contributed by atoms with Crippen molar-refractivity contribution in [1.82, 2.24) is 9.55 Å². The minimum absolute atomic E-state index is 0.155. The Balaban J connectivity index is 1.87. The lowest BCUT2D eigenvalue weighted by atomic mass is 9.97. The molecule has 0 unspecified atom stereocenters. The van der Waals surface area contributed by atoms with Crippen molar-refractivity contribution in [2.75, 3.05) is 5.75 Å². The number of hydrogen-bond acceptors (Lipinski definition) is 5. The topological polar surface area (TPSA) is 74.1 Å². The maximum Gasteiger partial charge on any atom is 0.231 e. The molecule has 4 rings (SSSR count). The van der Waals surface area contributed by atoms with Crippen LogP contribution in [0.3, 0.4) is 0 Å². The van der Waals surface area contributed by atoms with E-state index < -0.39 is 0 Å². The van der Waals surface area contributed by atoms with Gasteiger partial charge >= 0.3 is 0 Å². The molecule has 0 atom stereocenters. The Morgan fingerprint density at radius 3 is 2.81 bits per heavy atom. The van der Waals surface area contributed by atoms with Gasteiger partial charge in [0.1, 0.15) is 10.4 Å². The summed E-state index contributed by atoms with van der Waals surface area (Å²) in [5, 5.41) is 1.62. The lowest BCUT2D eigenvalue weighted by Crippen LogP contribution is -2.15. The van der Waals surface area contributed by atoms with Crippen LogP contribution in [-0.4, -0.2) is 21.2 Å². The summed E-state index contributed by atoms with van der Waals surface area (Å²) in [4.78, 5) is 16.0. The molecule has 0 aliphatic heterocycles. The molecule has 3 aromatic rings. The van der Waals surface area contributed by atoms with Gasteiger partial charge in [0.05, 0.1) is 17.7 Å². The summed E-state index contributed by atoms with van der Waals surface area (Å²) in [6.45, 7) is 0.601. The summed E-state index contributed by atoms with van der Waals surface area (Å²) >= 11 is 7.13. The van der Waals surface area contributed by atoms with Crippen LogP contribution in [0.2, 0.25) is 0 Å². The molecule has 2 N–H and O–H groups in total. The summed E-state index contributed by atoms with van der Waals surface area (Å²) in [5.74, 6) is 0.781. The van der Waals surface area contributed by atoms with Crippen LogP contribution in [0.25, 0.3) is 11.1 Å². The Morgan fingerprint density at radius 2 is 2.04 bits per heavy atom. The van der Waals surface area contributed by atoms with Crippen LogP contribution in [0.4, 0.5) is 0 Å². The maximum atomic E-state index is 11.3. The Kier molecular flexibility index (Phi) is 4.82. The number of nitrogens with two attached hydrogens (primary N) is 1. The van der Waals surface area contributed by atoms with Gasteiger partial charge in [0.2, 0.25) is 11.6 Å². The molecule has 1 aliphatic carbocycles. The largest absolute Gasteiger partial charge is 0.442 e. The van der Waals surface area contributed by atoms with Gasteiger partial charge in [0.15, 0.2) is 5.16 Å². The van der Waals surface area contributed by atoms with Crippen molar-refractivity contribution < 1.29 is 9.21 Å². The van der Waals surface area contributed by atoms with E-state index in [1.165, 1.54) is 17.3 Å². The average Bonchev–Trinajstić information content (AvgIpc) is 3.02. The zero-order valence-corrected chi connectivity index (χ0v) is 15.9. The van der Waals surface area contributed by atoms with E-state index in [-0.39, 0.29) is 11.7 Å². The summed E-state index contributed by atoms with van der Waals surface area (Å²) in [6, 6.07) is 10.1. The maximum absolute atomic E-state index is 11.3. The molecule has 0 spiro atoms. The molecule has 2 aromatic heterocycles. The molecule has 134 valence electrons. The highest BCUT2D eigenvalue weighted by molar-refractivity contribution is 7.99. The monoisotopic (exact) mass is 385 g/mol. The molecule has 0 saturated heterocycles. The summed E-state index contributed by atoms with van der Waals surface area (Å²) in [6.07, 6.45) is 4.19. The Morgan fingerprint density at radius 1 is 1.27 bits per heavy atom. The van der Waals surface area contributed by atoms with E-state index in [0.29, 0.717) is 17.4 Å². The number of aromatic nitrogens is 2. The summed E-state index contributed by atoms with van der Waals surface area (Å²) in [7, 11) is 0. The molecular formula is C19H19N3O2S2. The zero-order valence-electron chi connectivity index (χ0n) is 14.2. The summed E-state index contributed by atoms with van der Waals surface area (Å²) < 4.78 is 8.71. The smallest absolute Gasteiger partial charge is 0.231 e. The second kappa shape index (κ2) is 7.25. The average molecular weight is 386 g/mol. The number of hydrogen-bond donors (Lipinski definition) is 1. The normalized spacial score (nSPS) is 13.7. The number of carbonyl (C=O) groups excluding carboxylic acids is 1. The van der Waals surface area contributed by atoms with Gasteiger partial charge in [-0.15, -0.1) is 0 Å². The van der Waals surface area contributed by atoms with Crippen molar-refractivity contribution in [1.29, 1.82) is 0 Å². The first-order chi connectivity index (χ1) is 12.6. The van der Waals surface area contributed by atoms with Crippen molar-refractivity contribution in [3.63, 3.8) is 0 Å². The lowest BCUT2D eigenvalue weighted by molar-refractivity contribution is -0.115. The molecule has 1 aromatic carbocycles. The van der Waals surface area contributed by atoms with Crippen LogP contribution in [-0.2, 0) is 24.2 Å². The van der Waals surface area contributed by atoms with Crippen molar-refractivity contribution in [2.45, 2.75) is 37.4 Å². The number of furan rings is 1. The zero-order chi connectivity index (χ0) is 18.1.